The van der Waals surface area contributed by atoms with Gasteiger partial charge in [0.2, 0.25) is 0 Å². The largest absolute Gasteiger partial charge is 0.481 e. The molecule has 2 aliphatic rings. The van der Waals surface area contributed by atoms with Crippen LogP contribution in [0.1, 0.15) is 48.8 Å². The Labute approximate surface area is 118 Å². The molecule has 0 saturated heterocycles. The summed E-state index contributed by atoms with van der Waals surface area (Å²) in [5.41, 5.74) is 5.28. The van der Waals surface area contributed by atoms with Crippen molar-refractivity contribution in [3.05, 3.63) is 40.5 Å². The fourth-order valence-electron chi connectivity index (χ4n) is 3.30. The van der Waals surface area contributed by atoms with Crippen molar-refractivity contribution in [2.75, 3.05) is 0 Å². The minimum atomic E-state index is -0.925. The summed E-state index contributed by atoms with van der Waals surface area (Å²) in [4.78, 5) is 22.8. The van der Waals surface area contributed by atoms with E-state index in [1.165, 1.54) is 24.0 Å². The molecular formula is C17H18O3. The van der Waals surface area contributed by atoms with Crippen molar-refractivity contribution in [2.45, 2.75) is 44.9 Å². The standard InChI is InChI=1S/C17H18O3/c18-16-8-7-14(15(16)10-17(19)20)13-6-5-11-3-1-2-4-12(11)9-13/h5-6,9H,1-4,7-8,10H2,(H,19,20). The van der Waals surface area contributed by atoms with E-state index in [0.717, 1.165) is 24.0 Å². The van der Waals surface area contributed by atoms with E-state index in [0.29, 0.717) is 18.4 Å². The van der Waals surface area contributed by atoms with Gasteiger partial charge in [-0.25, -0.2) is 0 Å². The van der Waals surface area contributed by atoms with Crippen LogP contribution in [0.25, 0.3) is 5.57 Å². The van der Waals surface area contributed by atoms with Crippen molar-refractivity contribution in [3.8, 4) is 0 Å². The second-order valence-corrected chi connectivity index (χ2v) is 5.64. The van der Waals surface area contributed by atoms with E-state index in [4.69, 9.17) is 5.11 Å². The molecule has 104 valence electrons. The highest BCUT2D eigenvalue weighted by Gasteiger charge is 2.26. The molecule has 1 N–H and O–H groups in total. The molecule has 0 aromatic heterocycles. The SMILES string of the molecule is O=C(O)CC1=C(c2ccc3c(c2)CCCC3)CCC1=O. The van der Waals surface area contributed by atoms with Gasteiger partial charge in [0.15, 0.2) is 5.78 Å². The van der Waals surface area contributed by atoms with Crippen molar-refractivity contribution in [1.29, 1.82) is 0 Å². The number of carboxylic acids is 1. The topological polar surface area (TPSA) is 54.4 Å². The van der Waals surface area contributed by atoms with E-state index in [1.54, 1.807) is 0 Å². The van der Waals surface area contributed by atoms with E-state index in [9.17, 15) is 9.59 Å². The molecule has 0 bridgehead atoms. The summed E-state index contributed by atoms with van der Waals surface area (Å²) in [6.45, 7) is 0. The van der Waals surface area contributed by atoms with Crippen LogP contribution in [0.15, 0.2) is 23.8 Å². The molecule has 0 heterocycles. The average Bonchev–Trinajstić information content (AvgIpc) is 2.79. The lowest BCUT2D eigenvalue weighted by Crippen LogP contribution is -2.05. The van der Waals surface area contributed by atoms with Gasteiger partial charge in [-0.15, -0.1) is 0 Å². The maximum Gasteiger partial charge on any atom is 0.307 e. The first-order valence-corrected chi connectivity index (χ1v) is 7.24. The second kappa shape index (κ2) is 5.23. The summed E-state index contributed by atoms with van der Waals surface area (Å²) < 4.78 is 0. The monoisotopic (exact) mass is 270 g/mol. The van der Waals surface area contributed by atoms with Crippen molar-refractivity contribution in [2.24, 2.45) is 0 Å². The van der Waals surface area contributed by atoms with E-state index in [2.05, 4.69) is 18.2 Å². The Bertz CT molecular complexity index is 611. The number of carbonyl (C=O) groups is 2. The lowest BCUT2D eigenvalue weighted by atomic mass is 9.88. The van der Waals surface area contributed by atoms with Crippen LogP contribution in [-0.2, 0) is 22.4 Å². The highest BCUT2D eigenvalue weighted by molar-refractivity contribution is 6.09. The fourth-order valence-corrected chi connectivity index (χ4v) is 3.30. The maximum atomic E-state index is 11.9. The summed E-state index contributed by atoms with van der Waals surface area (Å²) in [5.74, 6) is -0.925. The molecular weight excluding hydrogens is 252 g/mol. The van der Waals surface area contributed by atoms with Crippen LogP contribution in [0.5, 0.6) is 0 Å². The number of aliphatic carboxylic acids is 1. The predicted molar refractivity (Wildman–Crippen MR) is 76.5 cm³/mol. The lowest BCUT2D eigenvalue weighted by molar-refractivity contribution is -0.136. The van der Waals surface area contributed by atoms with Gasteiger partial charge in [-0.2, -0.15) is 0 Å². The van der Waals surface area contributed by atoms with Crippen LogP contribution < -0.4 is 0 Å². The Hall–Kier alpha value is -1.90. The van der Waals surface area contributed by atoms with Crippen LogP contribution in [-0.4, -0.2) is 16.9 Å². The number of hydrogen-bond acceptors (Lipinski definition) is 2. The molecule has 0 atom stereocenters. The minimum absolute atomic E-state index is 0.000112. The molecule has 0 amide bonds. The number of carboxylic acid groups (broad SMARTS) is 1. The van der Waals surface area contributed by atoms with Gasteiger partial charge in [0.25, 0.3) is 0 Å². The van der Waals surface area contributed by atoms with Gasteiger partial charge < -0.3 is 5.11 Å². The first kappa shape index (κ1) is 13.1. The number of rotatable bonds is 3. The van der Waals surface area contributed by atoms with Crippen LogP contribution in [0, 0.1) is 0 Å². The molecule has 0 unspecified atom stereocenters. The fraction of sp³-hybridized carbons (Fsp3) is 0.412. The third kappa shape index (κ3) is 2.40. The second-order valence-electron chi connectivity index (χ2n) is 5.64. The number of ketones is 1. The molecule has 0 spiro atoms. The Morgan fingerprint density at radius 2 is 1.80 bits per heavy atom. The summed E-state index contributed by atoms with van der Waals surface area (Å²) in [5, 5.41) is 8.96. The van der Waals surface area contributed by atoms with Crippen LogP contribution in [0.3, 0.4) is 0 Å². The average molecular weight is 270 g/mol. The van der Waals surface area contributed by atoms with Gasteiger partial charge in [-0.3, -0.25) is 9.59 Å². The predicted octanol–water partition coefficient (Wildman–Crippen LogP) is 3.16. The zero-order chi connectivity index (χ0) is 14.1. The van der Waals surface area contributed by atoms with Gasteiger partial charge in [0.1, 0.15) is 0 Å². The number of benzene rings is 1. The van der Waals surface area contributed by atoms with Gasteiger partial charge in [-0.1, -0.05) is 18.2 Å². The number of aryl methyl sites for hydroxylation is 2. The number of carbonyl (C=O) groups excluding carboxylic acids is 1. The Morgan fingerprint density at radius 1 is 1.05 bits per heavy atom. The molecule has 3 nitrogen and oxygen atoms in total. The third-order valence-corrected chi connectivity index (χ3v) is 4.33. The van der Waals surface area contributed by atoms with E-state index in [1.807, 2.05) is 0 Å². The quantitative estimate of drug-likeness (QED) is 0.918. The Balaban J connectivity index is 2.00. The van der Waals surface area contributed by atoms with Gasteiger partial charge in [-0.05, 0) is 54.4 Å². The smallest absolute Gasteiger partial charge is 0.307 e. The molecule has 20 heavy (non-hydrogen) atoms. The number of allylic oxidation sites excluding steroid dienone is 1. The molecule has 0 radical (unpaired) electrons. The van der Waals surface area contributed by atoms with E-state index < -0.39 is 5.97 Å². The van der Waals surface area contributed by atoms with Crippen LogP contribution >= 0.6 is 0 Å². The normalized spacial score (nSPS) is 18.3. The Kier molecular flexibility index (Phi) is 3.43. The molecule has 1 aromatic carbocycles. The highest BCUT2D eigenvalue weighted by atomic mass is 16.4. The molecule has 1 aromatic rings. The third-order valence-electron chi connectivity index (χ3n) is 4.33. The summed E-state index contributed by atoms with van der Waals surface area (Å²) in [6, 6.07) is 6.38. The van der Waals surface area contributed by atoms with Crippen molar-refractivity contribution >= 4 is 17.3 Å². The van der Waals surface area contributed by atoms with Gasteiger partial charge >= 0.3 is 5.97 Å². The van der Waals surface area contributed by atoms with Crippen LogP contribution in [0.4, 0.5) is 0 Å². The molecule has 2 aliphatic carbocycles. The number of Topliss-reactive ketones (excluding diaryl/α,β-unsaturated/α-hetero) is 1. The van der Waals surface area contributed by atoms with Gasteiger partial charge in [0.05, 0.1) is 6.42 Å². The minimum Gasteiger partial charge on any atom is -0.481 e. The number of hydrogen-bond donors (Lipinski definition) is 1. The highest BCUT2D eigenvalue weighted by Crippen LogP contribution is 2.35. The van der Waals surface area contributed by atoms with Crippen molar-refractivity contribution in [1.82, 2.24) is 0 Å². The summed E-state index contributed by atoms with van der Waals surface area (Å²) in [6.07, 6.45) is 5.68. The zero-order valence-corrected chi connectivity index (χ0v) is 11.4. The molecule has 3 rings (SSSR count). The van der Waals surface area contributed by atoms with Crippen molar-refractivity contribution < 1.29 is 14.7 Å². The lowest BCUT2D eigenvalue weighted by Gasteiger charge is -2.17. The molecule has 3 heteroatoms. The zero-order valence-electron chi connectivity index (χ0n) is 11.4. The summed E-state index contributed by atoms with van der Waals surface area (Å²) >= 11 is 0. The van der Waals surface area contributed by atoms with E-state index >= 15 is 0 Å². The van der Waals surface area contributed by atoms with Crippen molar-refractivity contribution in [3.63, 3.8) is 0 Å². The first-order chi connectivity index (χ1) is 9.65. The number of fused-ring (bicyclic) bond motifs is 1. The van der Waals surface area contributed by atoms with Gasteiger partial charge in [0, 0.05) is 12.0 Å². The van der Waals surface area contributed by atoms with Crippen LogP contribution in [0.2, 0.25) is 0 Å². The van der Waals surface area contributed by atoms with E-state index in [-0.39, 0.29) is 12.2 Å². The Morgan fingerprint density at radius 3 is 2.55 bits per heavy atom. The maximum absolute atomic E-state index is 11.9. The molecule has 0 saturated carbocycles. The first-order valence-electron chi connectivity index (χ1n) is 7.24. The molecule has 0 fully saturated rings. The molecule has 0 aliphatic heterocycles. The summed E-state index contributed by atoms with van der Waals surface area (Å²) in [7, 11) is 0.